The van der Waals surface area contributed by atoms with Gasteiger partial charge in [0.2, 0.25) is 5.89 Å². The zero-order chi connectivity index (χ0) is 13.0. The van der Waals surface area contributed by atoms with Gasteiger partial charge >= 0.3 is 0 Å². The molecule has 0 aliphatic heterocycles. The Hall–Kier alpha value is -0.900. The number of aromatic nitrogens is 2. The highest BCUT2D eigenvalue weighted by atomic mass is 16.5. The van der Waals surface area contributed by atoms with Crippen molar-refractivity contribution in [1.82, 2.24) is 15.5 Å². The number of rotatable bonds is 5. The van der Waals surface area contributed by atoms with Crippen molar-refractivity contribution in [2.24, 2.45) is 5.92 Å². The normalized spacial score (nSPS) is 26.2. The van der Waals surface area contributed by atoms with Gasteiger partial charge < -0.3 is 9.84 Å². The van der Waals surface area contributed by atoms with Crippen LogP contribution in [0.1, 0.15) is 63.6 Å². The third-order valence-corrected chi connectivity index (χ3v) is 4.15. The highest BCUT2D eigenvalue weighted by Gasteiger charge is 2.23. The van der Waals surface area contributed by atoms with Crippen LogP contribution in [0.4, 0.5) is 0 Å². The van der Waals surface area contributed by atoms with Gasteiger partial charge in [0, 0.05) is 18.4 Å². The molecular formula is C14H25N3O. The first-order chi connectivity index (χ1) is 8.69. The van der Waals surface area contributed by atoms with E-state index in [4.69, 9.17) is 4.52 Å². The second kappa shape index (κ2) is 6.32. The summed E-state index contributed by atoms with van der Waals surface area (Å²) in [7, 11) is 1.98. The molecule has 1 atom stereocenters. The molecule has 102 valence electrons. The van der Waals surface area contributed by atoms with Gasteiger partial charge in [-0.25, -0.2) is 0 Å². The molecule has 1 saturated carbocycles. The SMILES string of the molecule is CNC(C)CCc1nc(C2CCC(C)CC2)no1. The Morgan fingerprint density at radius 3 is 2.72 bits per heavy atom. The van der Waals surface area contributed by atoms with Gasteiger partial charge in [-0.1, -0.05) is 24.9 Å². The van der Waals surface area contributed by atoms with Crippen molar-refractivity contribution >= 4 is 0 Å². The molecular weight excluding hydrogens is 226 g/mol. The van der Waals surface area contributed by atoms with Gasteiger partial charge in [-0.2, -0.15) is 4.98 Å². The minimum absolute atomic E-state index is 0.496. The van der Waals surface area contributed by atoms with Crippen LogP contribution in [0.25, 0.3) is 0 Å². The number of hydrogen-bond donors (Lipinski definition) is 1. The van der Waals surface area contributed by atoms with Crippen molar-refractivity contribution in [3.05, 3.63) is 11.7 Å². The Kier molecular flexibility index (Phi) is 4.75. The molecule has 4 nitrogen and oxygen atoms in total. The predicted molar refractivity (Wildman–Crippen MR) is 71.5 cm³/mol. The zero-order valence-electron chi connectivity index (χ0n) is 11.8. The first-order valence-electron chi connectivity index (χ1n) is 7.18. The zero-order valence-corrected chi connectivity index (χ0v) is 11.8. The maximum Gasteiger partial charge on any atom is 0.226 e. The minimum Gasteiger partial charge on any atom is -0.339 e. The molecule has 4 heteroatoms. The fraction of sp³-hybridized carbons (Fsp3) is 0.857. The van der Waals surface area contributed by atoms with Crippen molar-refractivity contribution < 1.29 is 4.52 Å². The average Bonchev–Trinajstić information content (AvgIpc) is 2.85. The lowest BCUT2D eigenvalue weighted by Crippen LogP contribution is -2.21. The maximum absolute atomic E-state index is 5.35. The van der Waals surface area contributed by atoms with Crippen LogP contribution in [0, 0.1) is 5.92 Å². The first kappa shape index (κ1) is 13.5. The molecule has 0 aromatic carbocycles. The molecule has 1 heterocycles. The Balaban J connectivity index is 1.86. The first-order valence-corrected chi connectivity index (χ1v) is 7.18. The lowest BCUT2D eigenvalue weighted by atomic mass is 9.83. The summed E-state index contributed by atoms with van der Waals surface area (Å²) in [5.41, 5.74) is 0. The van der Waals surface area contributed by atoms with Crippen LogP contribution >= 0.6 is 0 Å². The van der Waals surface area contributed by atoms with E-state index in [2.05, 4.69) is 29.3 Å². The summed E-state index contributed by atoms with van der Waals surface area (Å²) in [6.45, 7) is 4.50. The molecule has 2 rings (SSSR count). The Labute approximate surface area is 110 Å². The number of hydrogen-bond acceptors (Lipinski definition) is 4. The van der Waals surface area contributed by atoms with Gasteiger partial charge in [-0.3, -0.25) is 0 Å². The molecule has 1 aromatic rings. The molecule has 18 heavy (non-hydrogen) atoms. The summed E-state index contributed by atoms with van der Waals surface area (Å²) >= 11 is 0. The topological polar surface area (TPSA) is 51.0 Å². The fourth-order valence-electron chi connectivity index (χ4n) is 2.54. The summed E-state index contributed by atoms with van der Waals surface area (Å²) in [4.78, 5) is 4.56. The summed E-state index contributed by atoms with van der Waals surface area (Å²) < 4.78 is 5.35. The molecule has 0 saturated heterocycles. The molecule has 1 N–H and O–H groups in total. The van der Waals surface area contributed by atoms with Crippen LogP contribution in [-0.2, 0) is 6.42 Å². The largest absolute Gasteiger partial charge is 0.339 e. The van der Waals surface area contributed by atoms with Crippen molar-refractivity contribution in [3.8, 4) is 0 Å². The Bertz CT molecular complexity index is 356. The Morgan fingerprint density at radius 2 is 2.06 bits per heavy atom. The number of nitrogens with one attached hydrogen (secondary N) is 1. The molecule has 1 aliphatic rings. The third-order valence-electron chi connectivity index (χ3n) is 4.15. The Morgan fingerprint density at radius 1 is 1.33 bits per heavy atom. The molecule has 1 aromatic heterocycles. The molecule has 1 unspecified atom stereocenters. The predicted octanol–water partition coefficient (Wildman–Crippen LogP) is 2.90. The molecule has 0 bridgehead atoms. The van der Waals surface area contributed by atoms with E-state index in [1.165, 1.54) is 25.7 Å². The standard InChI is InChI=1S/C14H25N3O/c1-10-4-7-12(8-5-10)14-16-13(18-17-14)9-6-11(2)15-3/h10-12,15H,4-9H2,1-3H3. The molecule has 0 amide bonds. The van der Waals surface area contributed by atoms with Gasteiger partial charge in [0.25, 0.3) is 0 Å². The van der Waals surface area contributed by atoms with E-state index in [-0.39, 0.29) is 0 Å². The van der Waals surface area contributed by atoms with Crippen molar-refractivity contribution in [1.29, 1.82) is 0 Å². The van der Waals surface area contributed by atoms with Crippen molar-refractivity contribution in [3.63, 3.8) is 0 Å². The monoisotopic (exact) mass is 251 g/mol. The van der Waals surface area contributed by atoms with E-state index in [1.54, 1.807) is 0 Å². The molecule has 1 aliphatic carbocycles. The quantitative estimate of drug-likeness (QED) is 0.874. The lowest BCUT2D eigenvalue weighted by Gasteiger charge is -2.23. The maximum atomic E-state index is 5.35. The highest BCUT2D eigenvalue weighted by Crippen LogP contribution is 2.34. The van der Waals surface area contributed by atoms with E-state index in [0.29, 0.717) is 12.0 Å². The van der Waals surface area contributed by atoms with E-state index in [9.17, 15) is 0 Å². The average molecular weight is 251 g/mol. The van der Waals surface area contributed by atoms with E-state index >= 15 is 0 Å². The van der Waals surface area contributed by atoms with E-state index in [0.717, 1.165) is 30.5 Å². The number of aryl methyl sites for hydroxylation is 1. The van der Waals surface area contributed by atoms with Gasteiger partial charge in [-0.05, 0) is 39.2 Å². The smallest absolute Gasteiger partial charge is 0.226 e. The summed E-state index contributed by atoms with van der Waals surface area (Å²) in [5, 5.41) is 7.38. The van der Waals surface area contributed by atoms with Crippen LogP contribution in [0.2, 0.25) is 0 Å². The van der Waals surface area contributed by atoms with E-state index in [1.807, 2.05) is 7.05 Å². The van der Waals surface area contributed by atoms with Crippen LogP contribution < -0.4 is 5.32 Å². The van der Waals surface area contributed by atoms with Gasteiger partial charge in [-0.15, -0.1) is 0 Å². The van der Waals surface area contributed by atoms with Gasteiger partial charge in [0.05, 0.1) is 0 Å². The van der Waals surface area contributed by atoms with Crippen molar-refractivity contribution in [2.45, 2.75) is 64.3 Å². The molecule has 0 radical (unpaired) electrons. The summed E-state index contributed by atoms with van der Waals surface area (Å²) in [5.74, 6) is 3.13. The third kappa shape index (κ3) is 3.55. The lowest BCUT2D eigenvalue weighted by molar-refractivity contribution is 0.322. The minimum atomic E-state index is 0.496. The van der Waals surface area contributed by atoms with Crippen LogP contribution in [0.5, 0.6) is 0 Å². The van der Waals surface area contributed by atoms with Gasteiger partial charge in [0.1, 0.15) is 0 Å². The fourth-order valence-corrected chi connectivity index (χ4v) is 2.54. The summed E-state index contributed by atoms with van der Waals surface area (Å²) in [6.07, 6.45) is 6.94. The van der Waals surface area contributed by atoms with Crippen LogP contribution in [-0.4, -0.2) is 23.2 Å². The van der Waals surface area contributed by atoms with Crippen molar-refractivity contribution in [2.75, 3.05) is 7.05 Å². The second-order valence-electron chi connectivity index (χ2n) is 5.73. The number of nitrogens with zero attached hydrogens (tertiary/aromatic N) is 2. The molecule has 1 fully saturated rings. The highest BCUT2D eigenvalue weighted by molar-refractivity contribution is 4.97. The summed E-state index contributed by atoms with van der Waals surface area (Å²) in [6, 6.07) is 0.496. The van der Waals surface area contributed by atoms with Crippen LogP contribution in [0.3, 0.4) is 0 Å². The molecule has 0 spiro atoms. The van der Waals surface area contributed by atoms with E-state index < -0.39 is 0 Å². The van der Waals surface area contributed by atoms with Crippen LogP contribution in [0.15, 0.2) is 4.52 Å². The second-order valence-corrected chi connectivity index (χ2v) is 5.73. The van der Waals surface area contributed by atoms with Gasteiger partial charge in [0.15, 0.2) is 5.82 Å².